The van der Waals surface area contributed by atoms with Crippen LogP contribution < -0.4 is 15.4 Å². The lowest BCUT2D eigenvalue weighted by atomic mass is 10.0. The number of urea groups is 1. The Morgan fingerprint density at radius 1 is 1.22 bits per heavy atom. The van der Waals surface area contributed by atoms with Crippen LogP contribution in [-0.2, 0) is 0 Å². The van der Waals surface area contributed by atoms with Crippen LogP contribution in [0.15, 0.2) is 30.3 Å². The van der Waals surface area contributed by atoms with Crippen LogP contribution >= 0.6 is 0 Å². The zero-order valence-corrected chi connectivity index (χ0v) is 14.1. The van der Waals surface area contributed by atoms with E-state index in [1.807, 2.05) is 30.3 Å². The number of nitrogens with one attached hydrogen (secondary N) is 2. The molecule has 0 radical (unpaired) electrons. The first kappa shape index (κ1) is 17.6. The first-order valence-electron chi connectivity index (χ1n) is 8.69. The van der Waals surface area contributed by atoms with Crippen molar-refractivity contribution in [1.82, 2.24) is 15.5 Å². The minimum Gasteiger partial charge on any atom is -0.492 e. The van der Waals surface area contributed by atoms with Crippen LogP contribution in [0.3, 0.4) is 0 Å². The van der Waals surface area contributed by atoms with Gasteiger partial charge in [0, 0.05) is 19.1 Å². The molecule has 1 aromatic rings. The van der Waals surface area contributed by atoms with E-state index >= 15 is 0 Å². The van der Waals surface area contributed by atoms with Crippen molar-refractivity contribution in [1.29, 1.82) is 0 Å². The van der Waals surface area contributed by atoms with E-state index in [4.69, 9.17) is 4.74 Å². The average molecular weight is 319 g/mol. The number of amides is 2. The van der Waals surface area contributed by atoms with Crippen molar-refractivity contribution in [3.8, 4) is 5.75 Å². The van der Waals surface area contributed by atoms with Gasteiger partial charge in [0.25, 0.3) is 0 Å². The smallest absolute Gasteiger partial charge is 0.314 e. The summed E-state index contributed by atoms with van der Waals surface area (Å²) in [5.41, 5.74) is 0. The minimum atomic E-state index is -0.117. The normalized spacial score (nSPS) is 18.4. The summed E-state index contributed by atoms with van der Waals surface area (Å²) in [4.78, 5) is 14.2. The Labute approximate surface area is 139 Å². The van der Waals surface area contributed by atoms with Crippen LogP contribution in [0.25, 0.3) is 0 Å². The van der Waals surface area contributed by atoms with E-state index in [9.17, 15) is 4.79 Å². The zero-order valence-electron chi connectivity index (χ0n) is 14.1. The van der Waals surface area contributed by atoms with Crippen LogP contribution in [0, 0.1) is 0 Å². The van der Waals surface area contributed by atoms with E-state index in [-0.39, 0.29) is 6.03 Å². The molecule has 1 saturated heterocycles. The third-order valence-corrected chi connectivity index (χ3v) is 4.25. The van der Waals surface area contributed by atoms with Crippen LogP contribution in [0.1, 0.15) is 32.6 Å². The van der Waals surface area contributed by atoms with Crippen molar-refractivity contribution in [3.05, 3.63) is 30.3 Å². The van der Waals surface area contributed by atoms with E-state index in [0.29, 0.717) is 25.7 Å². The Bertz CT molecular complexity index is 453. The fourth-order valence-electron chi connectivity index (χ4n) is 2.89. The number of para-hydroxylation sites is 1. The number of benzene rings is 1. The summed E-state index contributed by atoms with van der Waals surface area (Å²) in [6.45, 7) is 6.26. The van der Waals surface area contributed by atoms with E-state index in [2.05, 4.69) is 22.5 Å². The SMILES string of the molecule is CC1CCCCN1CCCNC(=O)NCCOc1ccccc1. The summed E-state index contributed by atoms with van der Waals surface area (Å²) in [5.74, 6) is 0.824. The predicted octanol–water partition coefficient (Wildman–Crippen LogP) is 2.63. The maximum atomic E-state index is 11.7. The highest BCUT2D eigenvalue weighted by Crippen LogP contribution is 2.15. The van der Waals surface area contributed by atoms with Crippen molar-refractivity contribution >= 4 is 6.03 Å². The molecule has 2 amide bonds. The van der Waals surface area contributed by atoms with Gasteiger partial charge >= 0.3 is 6.03 Å². The van der Waals surface area contributed by atoms with Gasteiger partial charge in [0.05, 0.1) is 6.54 Å². The molecule has 0 bridgehead atoms. The number of rotatable bonds is 8. The second-order valence-electron chi connectivity index (χ2n) is 6.08. The lowest BCUT2D eigenvalue weighted by Crippen LogP contribution is -2.41. The molecular weight excluding hydrogens is 290 g/mol. The van der Waals surface area contributed by atoms with Crippen molar-refractivity contribution in [2.75, 3.05) is 32.8 Å². The number of piperidine rings is 1. The number of likely N-dealkylation sites (tertiary alicyclic amines) is 1. The van der Waals surface area contributed by atoms with Crippen molar-refractivity contribution < 1.29 is 9.53 Å². The molecule has 0 aliphatic carbocycles. The Kier molecular flexibility index (Phi) is 7.73. The summed E-state index contributed by atoms with van der Waals surface area (Å²) >= 11 is 0. The summed E-state index contributed by atoms with van der Waals surface area (Å²) in [7, 11) is 0. The molecule has 1 atom stereocenters. The van der Waals surface area contributed by atoms with Crippen molar-refractivity contribution in [3.63, 3.8) is 0 Å². The van der Waals surface area contributed by atoms with E-state index < -0.39 is 0 Å². The van der Waals surface area contributed by atoms with Gasteiger partial charge in [0.2, 0.25) is 0 Å². The fourth-order valence-corrected chi connectivity index (χ4v) is 2.89. The summed E-state index contributed by atoms with van der Waals surface area (Å²) < 4.78 is 5.52. The molecule has 1 aliphatic heterocycles. The quantitative estimate of drug-likeness (QED) is 0.724. The molecule has 1 aliphatic rings. The van der Waals surface area contributed by atoms with Gasteiger partial charge in [0.15, 0.2) is 0 Å². The van der Waals surface area contributed by atoms with Gasteiger partial charge < -0.3 is 20.3 Å². The maximum absolute atomic E-state index is 11.7. The third kappa shape index (κ3) is 6.91. The topological polar surface area (TPSA) is 53.6 Å². The van der Waals surface area contributed by atoms with Gasteiger partial charge in [-0.15, -0.1) is 0 Å². The van der Waals surface area contributed by atoms with Gasteiger partial charge in [-0.05, 0) is 44.9 Å². The van der Waals surface area contributed by atoms with Crippen molar-refractivity contribution in [2.24, 2.45) is 0 Å². The molecule has 0 spiro atoms. The largest absolute Gasteiger partial charge is 0.492 e. The number of hydrogen-bond donors (Lipinski definition) is 2. The number of carbonyl (C=O) groups excluding carboxylic acids is 1. The molecule has 23 heavy (non-hydrogen) atoms. The fraction of sp³-hybridized carbons (Fsp3) is 0.611. The van der Waals surface area contributed by atoms with E-state index in [1.165, 1.54) is 25.8 Å². The van der Waals surface area contributed by atoms with Gasteiger partial charge in [0.1, 0.15) is 12.4 Å². The predicted molar refractivity (Wildman–Crippen MR) is 92.8 cm³/mol. The highest BCUT2D eigenvalue weighted by atomic mass is 16.5. The second kappa shape index (κ2) is 10.1. The first-order chi connectivity index (χ1) is 11.3. The molecule has 5 heteroatoms. The van der Waals surface area contributed by atoms with Crippen LogP contribution in [0.5, 0.6) is 5.75 Å². The Morgan fingerprint density at radius 3 is 2.78 bits per heavy atom. The Morgan fingerprint density at radius 2 is 2.00 bits per heavy atom. The highest BCUT2D eigenvalue weighted by Gasteiger charge is 2.17. The standard InChI is InChI=1S/C18H29N3O2/c1-16-8-5-6-13-21(16)14-7-11-19-18(22)20-12-15-23-17-9-3-2-4-10-17/h2-4,9-10,16H,5-8,11-15H2,1H3,(H2,19,20,22). The number of ether oxygens (including phenoxy) is 1. The molecule has 1 aromatic carbocycles. The maximum Gasteiger partial charge on any atom is 0.314 e. The average Bonchev–Trinajstić information content (AvgIpc) is 2.58. The molecule has 1 heterocycles. The summed E-state index contributed by atoms with van der Waals surface area (Å²) in [6, 6.07) is 10.2. The molecule has 0 aromatic heterocycles. The summed E-state index contributed by atoms with van der Waals surface area (Å²) in [5, 5.41) is 5.71. The van der Waals surface area contributed by atoms with Crippen LogP contribution in [0.4, 0.5) is 4.79 Å². The van der Waals surface area contributed by atoms with Gasteiger partial charge in [-0.25, -0.2) is 4.79 Å². The Balaban J connectivity index is 1.47. The lowest BCUT2D eigenvalue weighted by Gasteiger charge is -2.33. The molecule has 5 nitrogen and oxygen atoms in total. The zero-order chi connectivity index (χ0) is 16.3. The molecular formula is C18H29N3O2. The van der Waals surface area contributed by atoms with Crippen molar-refractivity contribution in [2.45, 2.75) is 38.6 Å². The lowest BCUT2D eigenvalue weighted by molar-refractivity contribution is 0.159. The first-order valence-corrected chi connectivity index (χ1v) is 8.69. The number of carbonyl (C=O) groups is 1. The highest BCUT2D eigenvalue weighted by molar-refractivity contribution is 5.73. The van der Waals surface area contributed by atoms with Gasteiger partial charge in [-0.2, -0.15) is 0 Å². The Hall–Kier alpha value is -1.75. The van der Waals surface area contributed by atoms with E-state index in [1.54, 1.807) is 0 Å². The molecule has 128 valence electrons. The molecule has 2 N–H and O–H groups in total. The summed E-state index contributed by atoms with van der Waals surface area (Å²) in [6.07, 6.45) is 4.96. The van der Waals surface area contributed by atoms with Crippen LogP contribution in [-0.4, -0.2) is 49.8 Å². The monoisotopic (exact) mass is 319 g/mol. The molecule has 2 rings (SSSR count). The second-order valence-corrected chi connectivity index (χ2v) is 6.08. The van der Waals surface area contributed by atoms with Crippen LogP contribution in [0.2, 0.25) is 0 Å². The molecule has 1 unspecified atom stereocenters. The number of nitrogens with zero attached hydrogens (tertiary/aromatic N) is 1. The van der Waals surface area contributed by atoms with Gasteiger partial charge in [-0.3, -0.25) is 0 Å². The third-order valence-electron chi connectivity index (χ3n) is 4.25. The minimum absolute atomic E-state index is 0.117. The van der Waals surface area contributed by atoms with Gasteiger partial charge in [-0.1, -0.05) is 24.6 Å². The molecule has 1 fully saturated rings. The number of hydrogen-bond acceptors (Lipinski definition) is 3. The molecule has 0 saturated carbocycles. The van der Waals surface area contributed by atoms with E-state index in [0.717, 1.165) is 18.7 Å².